The van der Waals surface area contributed by atoms with Gasteiger partial charge in [-0.15, -0.1) is 11.3 Å². The smallest absolute Gasteiger partial charge is 0.191 e. The largest absolute Gasteiger partial charge is 0.378 e. The van der Waals surface area contributed by atoms with E-state index in [9.17, 15) is 0 Å². The van der Waals surface area contributed by atoms with Gasteiger partial charge < -0.3 is 15.4 Å². The Morgan fingerprint density at radius 3 is 2.68 bits per heavy atom. The maximum Gasteiger partial charge on any atom is 0.191 e. The number of aliphatic imine (C=N–C) groups is 1. The first-order chi connectivity index (χ1) is 12.1. The molecule has 2 aliphatic rings. The van der Waals surface area contributed by atoms with Crippen LogP contribution in [0, 0.1) is 19.3 Å². The second-order valence-electron chi connectivity index (χ2n) is 7.34. The Labute approximate surface area is 155 Å². The summed E-state index contributed by atoms with van der Waals surface area (Å²) in [5.74, 6) is 0.898. The summed E-state index contributed by atoms with van der Waals surface area (Å²) in [6.45, 7) is 7.84. The maximum absolute atomic E-state index is 6.06. The van der Waals surface area contributed by atoms with E-state index in [-0.39, 0.29) is 0 Å². The molecular weight excluding hydrogens is 332 g/mol. The predicted molar refractivity (Wildman–Crippen MR) is 104 cm³/mol. The monoisotopic (exact) mass is 364 g/mol. The molecule has 0 radical (unpaired) electrons. The topological polar surface area (TPSA) is 58.5 Å². The molecule has 2 saturated carbocycles. The van der Waals surface area contributed by atoms with Crippen molar-refractivity contribution in [2.75, 3.05) is 13.7 Å². The lowest BCUT2D eigenvalue weighted by molar-refractivity contribution is -0.145. The number of thiazole rings is 1. The molecule has 2 atom stereocenters. The van der Waals surface area contributed by atoms with Crippen LogP contribution in [0.5, 0.6) is 0 Å². The van der Waals surface area contributed by atoms with Crippen LogP contribution in [0.1, 0.15) is 61.0 Å². The number of hydrogen-bond donors (Lipinski definition) is 2. The number of aromatic nitrogens is 1. The highest BCUT2D eigenvalue weighted by Crippen LogP contribution is 2.53. The second kappa shape index (κ2) is 8.04. The van der Waals surface area contributed by atoms with Crippen molar-refractivity contribution in [3.05, 3.63) is 15.6 Å². The Morgan fingerprint density at radius 1 is 1.32 bits per heavy atom. The second-order valence-corrected chi connectivity index (χ2v) is 8.63. The van der Waals surface area contributed by atoms with Crippen LogP contribution in [0.25, 0.3) is 0 Å². The molecule has 1 spiro atoms. The average Bonchev–Trinajstić information content (AvgIpc) is 2.95. The lowest BCUT2D eigenvalue weighted by Crippen LogP contribution is -2.66. The third kappa shape index (κ3) is 3.85. The first-order valence-electron chi connectivity index (χ1n) is 9.60. The molecule has 140 valence electrons. The molecule has 0 aromatic carbocycles. The summed E-state index contributed by atoms with van der Waals surface area (Å²) >= 11 is 1.76. The summed E-state index contributed by atoms with van der Waals surface area (Å²) in [6, 6.07) is 0.472. The number of guanidine groups is 1. The lowest BCUT2D eigenvalue weighted by Gasteiger charge is -2.57. The average molecular weight is 365 g/mol. The van der Waals surface area contributed by atoms with Crippen LogP contribution < -0.4 is 10.6 Å². The SMILES string of the molecule is CCOC1CC(NC(=NC)NCc2sc(C)nc2C)C12CCCCC2. The van der Waals surface area contributed by atoms with Crippen LogP contribution in [0.2, 0.25) is 0 Å². The molecule has 1 aromatic rings. The summed E-state index contributed by atoms with van der Waals surface area (Å²) in [5.41, 5.74) is 1.43. The van der Waals surface area contributed by atoms with Gasteiger partial charge in [-0.2, -0.15) is 0 Å². The molecule has 2 N–H and O–H groups in total. The maximum atomic E-state index is 6.06. The van der Waals surface area contributed by atoms with Crippen molar-refractivity contribution < 1.29 is 4.74 Å². The van der Waals surface area contributed by atoms with Gasteiger partial charge in [0.25, 0.3) is 0 Å². The molecule has 3 rings (SSSR count). The fourth-order valence-electron chi connectivity index (χ4n) is 4.53. The van der Waals surface area contributed by atoms with Gasteiger partial charge in [-0.25, -0.2) is 4.98 Å². The van der Waals surface area contributed by atoms with E-state index >= 15 is 0 Å². The molecule has 25 heavy (non-hydrogen) atoms. The van der Waals surface area contributed by atoms with Crippen molar-refractivity contribution in [2.45, 2.75) is 78.0 Å². The van der Waals surface area contributed by atoms with Crippen LogP contribution >= 0.6 is 11.3 Å². The highest BCUT2D eigenvalue weighted by molar-refractivity contribution is 7.11. The zero-order valence-electron chi connectivity index (χ0n) is 16.0. The van der Waals surface area contributed by atoms with Crippen molar-refractivity contribution in [3.63, 3.8) is 0 Å². The normalized spacial score (nSPS) is 25.7. The molecule has 2 unspecified atom stereocenters. The molecule has 2 fully saturated rings. The Morgan fingerprint density at radius 2 is 2.08 bits per heavy atom. The molecule has 1 aromatic heterocycles. The van der Waals surface area contributed by atoms with E-state index in [1.54, 1.807) is 11.3 Å². The van der Waals surface area contributed by atoms with Crippen LogP contribution in [-0.2, 0) is 11.3 Å². The molecule has 2 aliphatic carbocycles. The van der Waals surface area contributed by atoms with Gasteiger partial charge in [0.05, 0.1) is 23.4 Å². The van der Waals surface area contributed by atoms with Crippen molar-refractivity contribution in [1.82, 2.24) is 15.6 Å². The van der Waals surface area contributed by atoms with Crippen molar-refractivity contribution >= 4 is 17.3 Å². The van der Waals surface area contributed by atoms with E-state index in [0.717, 1.165) is 36.2 Å². The quantitative estimate of drug-likeness (QED) is 0.620. The predicted octanol–water partition coefficient (Wildman–Crippen LogP) is 3.55. The zero-order valence-corrected chi connectivity index (χ0v) is 16.8. The fraction of sp³-hybridized carbons (Fsp3) is 0.789. The minimum absolute atomic E-state index is 0.308. The fourth-order valence-corrected chi connectivity index (χ4v) is 5.40. The number of rotatable bonds is 5. The third-order valence-corrected chi connectivity index (χ3v) is 6.96. The summed E-state index contributed by atoms with van der Waals surface area (Å²) in [5, 5.41) is 8.29. The van der Waals surface area contributed by atoms with Crippen LogP contribution in [0.4, 0.5) is 0 Å². The van der Waals surface area contributed by atoms with E-state index < -0.39 is 0 Å². The molecular formula is C19H32N4OS. The molecule has 6 heteroatoms. The molecule has 0 amide bonds. The van der Waals surface area contributed by atoms with Gasteiger partial charge in [-0.1, -0.05) is 19.3 Å². The van der Waals surface area contributed by atoms with Gasteiger partial charge >= 0.3 is 0 Å². The van der Waals surface area contributed by atoms with Gasteiger partial charge in [0.1, 0.15) is 0 Å². The third-order valence-electron chi connectivity index (χ3n) is 5.89. The number of nitrogens with one attached hydrogen (secondary N) is 2. The van der Waals surface area contributed by atoms with Gasteiger partial charge in [0.2, 0.25) is 0 Å². The number of nitrogens with zero attached hydrogens (tertiary/aromatic N) is 2. The van der Waals surface area contributed by atoms with Crippen molar-refractivity contribution in [2.24, 2.45) is 10.4 Å². The van der Waals surface area contributed by atoms with Crippen molar-refractivity contribution in [3.8, 4) is 0 Å². The van der Waals surface area contributed by atoms with Gasteiger partial charge in [0, 0.05) is 30.0 Å². The Balaban J connectivity index is 1.60. The lowest BCUT2D eigenvalue weighted by atomic mass is 9.55. The highest BCUT2D eigenvalue weighted by atomic mass is 32.1. The molecule has 0 bridgehead atoms. The summed E-state index contributed by atoms with van der Waals surface area (Å²) < 4.78 is 6.06. The molecule has 1 heterocycles. The summed E-state index contributed by atoms with van der Waals surface area (Å²) in [6.07, 6.45) is 8.08. The number of aryl methyl sites for hydroxylation is 2. The van der Waals surface area contributed by atoms with E-state index in [4.69, 9.17) is 4.74 Å². The van der Waals surface area contributed by atoms with Crippen LogP contribution in [0.15, 0.2) is 4.99 Å². The molecule has 0 saturated heterocycles. The first-order valence-corrected chi connectivity index (χ1v) is 10.4. The zero-order chi connectivity index (χ0) is 17.9. The molecule has 0 aliphatic heterocycles. The van der Waals surface area contributed by atoms with E-state index in [0.29, 0.717) is 17.6 Å². The minimum Gasteiger partial charge on any atom is -0.378 e. The Hall–Kier alpha value is -1.14. The van der Waals surface area contributed by atoms with E-state index in [2.05, 4.69) is 41.4 Å². The minimum atomic E-state index is 0.308. The first kappa shape index (κ1) is 18.6. The highest BCUT2D eigenvalue weighted by Gasteiger charge is 2.55. The van der Waals surface area contributed by atoms with Crippen molar-refractivity contribution in [1.29, 1.82) is 0 Å². The number of ether oxygens (including phenoxy) is 1. The molecule has 5 nitrogen and oxygen atoms in total. The number of hydrogen-bond acceptors (Lipinski definition) is 4. The van der Waals surface area contributed by atoms with Crippen LogP contribution in [0.3, 0.4) is 0 Å². The van der Waals surface area contributed by atoms with E-state index in [1.807, 2.05) is 7.05 Å². The van der Waals surface area contributed by atoms with Gasteiger partial charge in [0.15, 0.2) is 5.96 Å². The van der Waals surface area contributed by atoms with E-state index in [1.165, 1.54) is 37.0 Å². The van der Waals surface area contributed by atoms with Crippen LogP contribution in [-0.4, -0.2) is 36.7 Å². The Bertz CT molecular complexity index is 607. The van der Waals surface area contributed by atoms with Gasteiger partial charge in [-0.05, 0) is 40.0 Å². The Kier molecular flexibility index (Phi) is 6.00. The van der Waals surface area contributed by atoms with Gasteiger partial charge in [-0.3, -0.25) is 4.99 Å². The summed E-state index contributed by atoms with van der Waals surface area (Å²) in [7, 11) is 1.85. The standard InChI is InChI=1S/C19H32N4OS/c1-5-24-17-11-16(19(17)9-7-6-8-10-19)23-18(20-4)21-12-15-13(2)22-14(3)25-15/h16-17H,5-12H2,1-4H3,(H2,20,21,23). The summed E-state index contributed by atoms with van der Waals surface area (Å²) in [4.78, 5) is 10.2.